The first-order valence-corrected chi connectivity index (χ1v) is 9.76. The number of nitrogens with two attached hydrogens (primary N) is 2. The second-order valence-corrected chi connectivity index (χ2v) is 8.07. The molecule has 2 aromatic carbocycles. The van der Waals surface area contributed by atoms with E-state index >= 15 is 0 Å². The van der Waals surface area contributed by atoms with Crippen LogP contribution in [0.2, 0.25) is 0 Å². The Labute approximate surface area is 158 Å². The Morgan fingerprint density at radius 2 is 1.74 bits per heavy atom. The fourth-order valence-electron chi connectivity index (χ4n) is 2.88. The van der Waals surface area contributed by atoms with Gasteiger partial charge < -0.3 is 11.5 Å². The number of hydrogen-bond acceptors (Lipinski definition) is 3. The molecule has 0 spiro atoms. The lowest BCUT2D eigenvalue weighted by Gasteiger charge is -2.24. The topological polar surface area (TPSA) is 119 Å². The van der Waals surface area contributed by atoms with E-state index in [-0.39, 0.29) is 23.8 Å². The first-order chi connectivity index (χ1) is 12.8. The monoisotopic (exact) mass is 384 g/mol. The van der Waals surface area contributed by atoms with E-state index in [2.05, 4.69) is 4.99 Å². The summed E-state index contributed by atoms with van der Waals surface area (Å²) >= 11 is 0. The standard InChI is InChI=1S/C19H20N4O3S/c1-13-6-8-16(9-7-13)27(25,26)23-11-10-15(18(24)22-19(20)21)12-14-4-2-3-5-17(14)23/h2-9,12H,10-11H2,1H3,(H4,20,21,22,24). The number of rotatable bonds is 3. The van der Waals surface area contributed by atoms with E-state index in [9.17, 15) is 13.2 Å². The van der Waals surface area contributed by atoms with Gasteiger partial charge in [-0.2, -0.15) is 4.99 Å². The van der Waals surface area contributed by atoms with Crippen LogP contribution in [0.15, 0.2) is 64.0 Å². The summed E-state index contributed by atoms with van der Waals surface area (Å²) in [7, 11) is -3.78. The maximum absolute atomic E-state index is 13.2. The average Bonchev–Trinajstić information content (AvgIpc) is 2.81. The Morgan fingerprint density at radius 1 is 1.07 bits per heavy atom. The molecule has 8 heteroatoms. The highest BCUT2D eigenvalue weighted by atomic mass is 32.2. The van der Waals surface area contributed by atoms with Crippen LogP contribution in [0, 0.1) is 6.92 Å². The molecule has 1 heterocycles. The highest BCUT2D eigenvalue weighted by molar-refractivity contribution is 7.92. The molecule has 0 atom stereocenters. The van der Waals surface area contributed by atoms with Crippen molar-refractivity contribution >= 4 is 33.7 Å². The van der Waals surface area contributed by atoms with Crippen molar-refractivity contribution in [3.8, 4) is 0 Å². The number of fused-ring (bicyclic) bond motifs is 1. The van der Waals surface area contributed by atoms with E-state index in [0.29, 0.717) is 16.8 Å². The molecule has 1 aliphatic heterocycles. The number of carbonyl (C=O) groups excluding carboxylic acids is 1. The molecule has 1 amide bonds. The van der Waals surface area contributed by atoms with Crippen molar-refractivity contribution in [2.45, 2.75) is 18.2 Å². The summed E-state index contributed by atoms with van der Waals surface area (Å²) < 4.78 is 27.8. The van der Waals surface area contributed by atoms with Gasteiger partial charge in [-0.15, -0.1) is 0 Å². The van der Waals surface area contributed by atoms with Gasteiger partial charge >= 0.3 is 0 Å². The first kappa shape index (κ1) is 18.7. The van der Waals surface area contributed by atoms with Crippen molar-refractivity contribution in [1.82, 2.24) is 0 Å². The molecule has 3 rings (SSSR count). The van der Waals surface area contributed by atoms with Gasteiger partial charge in [0.15, 0.2) is 5.96 Å². The van der Waals surface area contributed by atoms with E-state index < -0.39 is 15.9 Å². The third-order valence-electron chi connectivity index (χ3n) is 4.23. The van der Waals surface area contributed by atoms with Crippen LogP contribution in [0.25, 0.3) is 6.08 Å². The van der Waals surface area contributed by atoms with Gasteiger partial charge in [-0.05, 0) is 43.2 Å². The lowest BCUT2D eigenvalue weighted by atomic mass is 10.1. The smallest absolute Gasteiger partial charge is 0.276 e. The highest BCUT2D eigenvalue weighted by Crippen LogP contribution is 2.32. The molecule has 0 radical (unpaired) electrons. The van der Waals surface area contributed by atoms with Gasteiger partial charge in [0.25, 0.3) is 15.9 Å². The molecular weight excluding hydrogens is 364 g/mol. The van der Waals surface area contributed by atoms with Crippen molar-refractivity contribution in [3.63, 3.8) is 0 Å². The lowest BCUT2D eigenvalue weighted by molar-refractivity contribution is -0.114. The molecule has 0 saturated heterocycles. The van der Waals surface area contributed by atoms with Gasteiger partial charge in [0.1, 0.15) is 0 Å². The van der Waals surface area contributed by atoms with Gasteiger partial charge in [0.2, 0.25) is 0 Å². The van der Waals surface area contributed by atoms with Crippen molar-refractivity contribution in [1.29, 1.82) is 0 Å². The number of amides is 1. The second kappa shape index (κ2) is 7.24. The third kappa shape index (κ3) is 3.85. The van der Waals surface area contributed by atoms with E-state index in [4.69, 9.17) is 11.5 Å². The minimum atomic E-state index is -3.78. The van der Waals surface area contributed by atoms with E-state index in [1.165, 1.54) is 4.31 Å². The van der Waals surface area contributed by atoms with Crippen molar-refractivity contribution in [3.05, 3.63) is 65.2 Å². The quantitative estimate of drug-likeness (QED) is 0.617. The maximum Gasteiger partial charge on any atom is 0.276 e. The number of sulfonamides is 1. The zero-order valence-corrected chi connectivity index (χ0v) is 15.6. The Bertz CT molecular complexity index is 1040. The third-order valence-corrected chi connectivity index (χ3v) is 6.06. The number of aliphatic imine (C=N–C) groups is 1. The van der Waals surface area contributed by atoms with E-state index in [1.807, 2.05) is 6.92 Å². The lowest BCUT2D eigenvalue weighted by Crippen LogP contribution is -2.32. The summed E-state index contributed by atoms with van der Waals surface area (Å²) in [4.78, 5) is 16.0. The number of para-hydroxylation sites is 1. The van der Waals surface area contributed by atoms with Crippen LogP contribution < -0.4 is 15.8 Å². The molecule has 0 aliphatic carbocycles. The molecule has 0 aromatic heterocycles. The molecule has 2 aromatic rings. The number of carbonyl (C=O) groups is 1. The van der Waals surface area contributed by atoms with Gasteiger partial charge in [-0.25, -0.2) is 8.42 Å². The molecule has 0 bridgehead atoms. The van der Waals surface area contributed by atoms with Crippen LogP contribution in [0.4, 0.5) is 5.69 Å². The number of nitrogens with zero attached hydrogens (tertiary/aromatic N) is 2. The molecule has 0 unspecified atom stereocenters. The maximum atomic E-state index is 13.2. The van der Waals surface area contributed by atoms with E-state index in [1.54, 1.807) is 54.6 Å². The second-order valence-electron chi connectivity index (χ2n) is 6.21. The molecule has 27 heavy (non-hydrogen) atoms. The summed E-state index contributed by atoms with van der Waals surface area (Å²) in [6, 6.07) is 13.7. The van der Waals surface area contributed by atoms with Crippen LogP contribution in [0.5, 0.6) is 0 Å². The van der Waals surface area contributed by atoms with Gasteiger partial charge in [-0.1, -0.05) is 35.9 Å². The number of guanidine groups is 1. The predicted molar refractivity (Wildman–Crippen MR) is 106 cm³/mol. The molecule has 0 saturated carbocycles. The molecule has 4 N–H and O–H groups in total. The van der Waals surface area contributed by atoms with Gasteiger partial charge in [0, 0.05) is 12.1 Å². The highest BCUT2D eigenvalue weighted by Gasteiger charge is 2.29. The van der Waals surface area contributed by atoms with Crippen molar-refractivity contribution < 1.29 is 13.2 Å². The van der Waals surface area contributed by atoms with Crippen LogP contribution >= 0.6 is 0 Å². The fraction of sp³-hybridized carbons (Fsp3) is 0.158. The zero-order chi connectivity index (χ0) is 19.6. The Hall–Kier alpha value is -3.13. The zero-order valence-electron chi connectivity index (χ0n) is 14.8. The van der Waals surface area contributed by atoms with Crippen LogP contribution in [-0.2, 0) is 14.8 Å². The Morgan fingerprint density at radius 3 is 2.41 bits per heavy atom. The molecule has 1 aliphatic rings. The van der Waals surface area contributed by atoms with Gasteiger partial charge in [-0.3, -0.25) is 9.10 Å². The molecular formula is C19H20N4O3S. The summed E-state index contributed by atoms with van der Waals surface area (Å²) in [5.74, 6) is -0.901. The van der Waals surface area contributed by atoms with Crippen LogP contribution in [-0.4, -0.2) is 26.8 Å². The predicted octanol–water partition coefficient (Wildman–Crippen LogP) is 1.78. The largest absolute Gasteiger partial charge is 0.370 e. The normalized spacial score (nSPS) is 14.0. The SMILES string of the molecule is Cc1ccc(S(=O)(=O)N2CCC(C(=O)N=C(N)N)=Cc3ccccc32)cc1. The van der Waals surface area contributed by atoms with Crippen LogP contribution in [0.1, 0.15) is 17.5 Å². The van der Waals surface area contributed by atoms with Gasteiger partial charge in [0.05, 0.1) is 10.6 Å². The molecule has 7 nitrogen and oxygen atoms in total. The Kier molecular flexibility index (Phi) is 5.00. The summed E-state index contributed by atoms with van der Waals surface area (Å²) in [6.45, 7) is 1.99. The average molecular weight is 384 g/mol. The summed E-state index contributed by atoms with van der Waals surface area (Å²) in [5, 5.41) is 0. The number of hydrogen-bond donors (Lipinski definition) is 2. The van der Waals surface area contributed by atoms with E-state index in [0.717, 1.165) is 5.56 Å². The van der Waals surface area contributed by atoms with Crippen molar-refractivity contribution in [2.24, 2.45) is 16.5 Å². The number of benzene rings is 2. The number of aryl methyl sites for hydroxylation is 1. The molecule has 0 fully saturated rings. The minimum Gasteiger partial charge on any atom is -0.370 e. The van der Waals surface area contributed by atoms with Crippen molar-refractivity contribution in [2.75, 3.05) is 10.8 Å². The number of anilines is 1. The summed E-state index contributed by atoms with van der Waals surface area (Å²) in [5.41, 5.74) is 13.0. The first-order valence-electron chi connectivity index (χ1n) is 8.32. The summed E-state index contributed by atoms with van der Waals surface area (Å²) in [6.07, 6.45) is 1.82. The fourth-order valence-corrected chi connectivity index (χ4v) is 4.38. The van der Waals surface area contributed by atoms with Crippen LogP contribution in [0.3, 0.4) is 0 Å². The Balaban J connectivity index is 2.06. The minimum absolute atomic E-state index is 0.102. The molecule has 140 valence electrons.